The Balaban J connectivity index is 1.95. The molecule has 2 heterocycles. The molecular weight excluding hydrogens is 280 g/mol. The van der Waals surface area contributed by atoms with E-state index in [0.29, 0.717) is 6.04 Å². The number of rotatable bonds is 4. The Hall–Kier alpha value is -0.450. The first-order chi connectivity index (χ1) is 8.15. The van der Waals surface area contributed by atoms with Crippen molar-refractivity contribution in [2.24, 2.45) is 0 Å². The van der Waals surface area contributed by atoms with Crippen LogP contribution in [0.25, 0.3) is 0 Å². The number of hydrogen-bond donors (Lipinski definition) is 1. The van der Waals surface area contributed by atoms with E-state index in [0.717, 1.165) is 29.7 Å². The van der Waals surface area contributed by atoms with E-state index in [1.54, 1.807) is 0 Å². The molecule has 2 unspecified atom stereocenters. The molecule has 1 aliphatic heterocycles. The van der Waals surface area contributed by atoms with Crippen molar-refractivity contribution in [3.8, 4) is 0 Å². The van der Waals surface area contributed by atoms with Crippen LogP contribution in [0.15, 0.2) is 22.8 Å². The molecule has 1 aromatic heterocycles. The number of aliphatic hydroxyl groups excluding tert-OH is 1. The van der Waals surface area contributed by atoms with Gasteiger partial charge >= 0.3 is 0 Å². The van der Waals surface area contributed by atoms with Gasteiger partial charge < -0.3 is 5.11 Å². The average Bonchev–Trinajstić information content (AvgIpc) is 2.68. The Kier molecular flexibility index (Phi) is 4.54. The highest BCUT2D eigenvalue weighted by Crippen LogP contribution is 2.23. The van der Waals surface area contributed by atoms with E-state index in [-0.39, 0.29) is 6.10 Å². The third-order valence-corrected chi connectivity index (χ3v) is 3.74. The fourth-order valence-electron chi connectivity index (χ4n) is 2.47. The lowest BCUT2D eigenvalue weighted by atomic mass is 10.1. The predicted molar refractivity (Wildman–Crippen MR) is 71.7 cm³/mol. The summed E-state index contributed by atoms with van der Waals surface area (Å²) in [5.74, 6) is 0. The number of aliphatic hydroxyl groups is 1. The molecule has 2 rings (SSSR count). The first kappa shape index (κ1) is 13.0. The van der Waals surface area contributed by atoms with Gasteiger partial charge in [-0.15, -0.1) is 0 Å². The van der Waals surface area contributed by atoms with Crippen LogP contribution in [0.3, 0.4) is 0 Å². The highest BCUT2D eigenvalue weighted by molar-refractivity contribution is 9.10. The number of aromatic nitrogens is 1. The largest absolute Gasteiger partial charge is 0.393 e. The molecule has 3 nitrogen and oxygen atoms in total. The standard InChI is InChI=1S/C13H19BrN2O/c1-10(17)7-13-3-2-6-16(13)9-12-5-4-11(14)8-15-12/h4-5,8,10,13,17H,2-3,6-7,9H2,1H3. The number of hydrogen-bond acceptors (Lipinski definition) is 3. The van der Waals surface area contributed by atoms with Crippen molar-refractivity contribution in [2.45, 2.75) is 44.9 Å². The molecule has 2 atom stereocenters. The van der Waals surface area contributed by atoms with Gasteiger partial charge in [0.25, 0.3) is 0 Å². The van der Waals surface area contributed by atoms with Gasteiger partial charge in [-0.05, 0) is 60.8 Å². The van der Waals surface area contributed by atoms with E-state index >= 15 is 0 Å². The summed E-state index contributed by atoms with van der Waals surface area (Å²) in [5, 5.41) is 9.48. The van der Waals surface area contributed by atoms with Crippen LogP contribution in [0.2, 0.25) is 0 Å². The maximum atomic E-state index is 9.48. The van der Waals surface area contributed by atoms with Gasteiger partial charge in [0.1, 0.15) is 0 Å². The van der Waals surface area contributed by atoms with Crippen LogP contribution in [0, 0.1) is 0 Å². The van der Waals surface area contributed by atoms with Crippen LogP contribution in [0.1, 0.15) is 31.9 Å². The molecule has 0 spiro atoms. The maximum absolute atomic E-state index is 9.48. The Morgan fingerprint density at radius 2 is 2.41 bits per heavy atom. The van der Waals surface area contributed by atoms with E-state index in [9.17, 15) is 5.11 Å². The van der Waals surface area contributed by atoms with Gasteiger partial charge in [-0.2, -0.15) is 0 Å². The first-order valence-corrected chi connectivity index (χ1v) is 6.97. The quantitative estimate of drug-likeness (QED) is 0.928. The van der Waals surface area contributed by atoms with Crippen molar-refractivity contribution >= 4 is 15.9 Å². The molecular formula is C13H19BrN2O. The first-order valence-electron chi connectivity index (χ1n) is 6.17. The van der Waals surface area contributed by atoms with Crippen molar-refractivity contribution in [1.29, 1.82) is 0 Å². The molecule has 0 radical (unpaired) electrons. The molecule has 1 aliphatic rings. The lowest BCUT2D eigenvalue weighted by molar-refractivity contribution is 0.130. The summed E-state index contributed by atoms with van der Waals surface area (Å²) in [6.45, 7) is 3.88. The van der Waals surface area contributed by atoms with Gasteiger partial charge in [-0.3, -0.25) is 9.88 Å². The van der Waals surface area contributed by atoms with Crippen molar-refractivity contribution in [3.63, 3.8) is 0 Å². The molecule has 0 saturated carbocycles. The topological polar surface area (TPSA) is 36.4 Å². The average molecular weight is 299 g/mol. The summed E-state index contributed by atoms with van der Waals surface area (Å²) in [6, 6.07) is 4.60. The Morgan fingerprint density at radius 1 is 1.59 bits per heavy atom. The Morgan fingerprint density at radius 3 is 3.06 bits per heavy atom. The monoisotopic (exact) mass is 298 g/mol. The fraction of sp³-hybridized carbons (Fsp3) is 0.615. The van der Waals surface area contributed by atoms with E-state index in [1.807, 2.05) is 19.2 Å². The third-order valence-electron chi connectivity index (χ3n) is 3.27. The van der Waals surface area contributed by atoms with Crippen molar-refractivity contribution in [2.75, 3.05) is 6.54 Å². The summed E-state index contributed by atoms with van der Waals surface area (Å²) in [7, 11) is 0. The van der Waals surface area contributed by atoms with E-state index in [2.05, 4.69) is 31.9 Å². The van der Waals surface area contributed by atoms with Crippen LogP contribution in [-0.2, 0) is 6.54 Å². The van der Waals surface area contributed by atoms with Crippen LogP contribution >= 0.6 is 15.9 Å². The summed E-state index contributed by atoms with van der Waals surface area (Å²) in [5.41, 5.74) is 1.10. The molecule has 1 N–H and O–H groups in total. The van der Waals surface area contributed by atoms with Crippen molar-refractivity contribution in [1.82, 2.24) is 9.88 Å². The zero-order chi connectivity index (χ0) is 12.3. The summed E-state index contributed by atoms with van der Waals surface area (Å²) < 4.78 is 1.02. The van der Waals surface area contributed by atoms with Gasteiger partial charge in [0.05, 0.1) is 11.8 Å². The third kappa shape index (κ3) is 3.76. The van der Waals surface area contributed by atoms with E-state index < -0.39 is 0 Å². The SMILES string of the molecule is CC(O)CC1CCCN1Cc1ccc(Br)cn1. The van der Waals surface area contributed by atoms with E-state index in [4.69, 9.17) is 0 Å². The molecule has 1 aromatic rings. The Bertz CT molecular complexity index is 353. The number of nitrogens with zero attached hydrogens (tertiary/aromatic N) is 2. The molecule has 1 fully saturated rings. The van der Waals surface area contributed by atoms with E-state index in [1.165, 1.54) is 12.8 Å². The molecule has 4 heteroatoms. The molecule has 0 aromatic carbocycles. The van der Waals surface area contributed by atoms with Gasteiger partial charge in [-0.1, -0.05) is 0 Å². The highest BCUT2D eigenvalue weighted by Gasteiger charge is 2.25. The van der Waals surface area contributed by atoms with Crippen LogP contribution in [0.5, 0.6) is 0 Å². The summed E-state index contributed by atoms with van der Waals surface area (Å²) in [4.78, 5) is 6.84. The summed E-state index contributed by atoms with van der Waals surface area (Å²) >= 11 is 3.39. The predicted octanol–water partition coefficient (Wildman–Crippen LogP) is 2.58. The zero-order valence-electron chi connectivity index (χ0n) is 10.1. The second-order valence-electron chi connectivity index (χ2n) is 4.82. The van der Waals surface area contributed by atoms with Gasteiger partial charge in [0.15, 0.2) is 0 Å². The second kappa shape index (κ2) is 5.94. The van der Waals surface area contributed by atoms with Gasteiger partial charge in [0.2, 0.25) is 0 Å². The maximum Gasteiger partial charge on any atom is 0.0544 e. The van der Waals surface area contributed by atoms with Crippen LogP contribution < -0.4 is 0 Å². The molecule has 1 saturated heterocycles. The smallest absolute Gasteiger partial charge is 0.0544 e. The molecule has 17 heavy (non-hydrogen) atoms. The number of halogens is 1. The van der Waals surface area contributed by atoms with Gasteiger partial charge in [0, 0.05) is 23.3 Å². The Labute approximate surface area is 111 Å². The second-order valence-corrected chi connectivity index (χ2v) is 5.73. The van der Waals surface area contributed by atoms with Crippen LogP contribution in [0.4, 0.5) is 0 Å². The molecule has 0 aliphatic carbocycles. The highest BCUT2D eigenvalue weighted by atomic mass is 79.9. The van der Waals surface area contributed by atoms with Crippen molar-refractivity contribution in [3.05, 3.63) is 28.5 Å². The zero-order valence-corrected chi connectivity index (χ0v) is 11.7. The van der Waals surface area contributed by atoms with Crippen LogP contribution in [-0.4, -0.2) is 33.7 Å². The minimum Gasteiger partial charge on any atom is -0.393 e. The van der Waals surface area contributed by atoms with Crippen molar-refractivity contribution < 1.29 is 5.11 Å². The number of pyridine rings is 1. The number of likely N-dealkylation sites (tertiary alicyclic amines) is 1. The summed E-state index contributed by atoms with van der Waals surface area (Å²) in [6.07, 6.45) is 4.93. The molecule has 0 amide bonds. The lowest BCUT2D eigenvalue weighted by Gasteiger charge is -2.25. The normalized spacial score (nSPS) is 22.9. The molecule has 94 valence electrons. The molecule has 0 bridgehead atoms. The minimum absolute atomic E-state index is 0.210. The minimum atomic E-state index is -0.210. The lowest BCUT2D eigenvalue weighted by Crippen LogP contribution is -2.31. The fourth-order valence-corrected chi connectivity index (χ4v) is 2.71. The van der Waals surface area contributed by atoms with Gasteiger partial charge in [-0.25, -0.2) is 0 Å².